The Morgan fingerprint density at radius 1 is 1.16 bits per heavy atom. The van der Waals surface area contributed by atoms with Crippen molar-refractivity contribution in [2.45, 2.75) is 6.18 Å². The predicted molar refractivity (Wildman–Crippen MR) is 83.4 cm³/mol. The van der Waals surface area contributed by atoms with Crippen molar-refractivity contribution >= 4 is 17.3 Å². The SMILES string of the molecule is CN(C(=O)COc1ccccc1C(F)(F)F)c1ccc([N+](=O)[O-])cc1. The molecule has 0 spiro atoms. The minimum absolute atomic E-state index is 0.139. The average Bonchev–Trinajstić information content (AvgIpc) is 2.58. The molecule has 0 heterocycles. The molecular weight excluding hydrogens is 341 g/mol. The first-order valence-electron chi connectivity index (χ1n) is 7.00. The number of nitro groups is 1. The topological polar surface area (TPSA) is 72.7 Å². The van der Waals surface area contributed by atoms with Gasteiger partial charge in [0.1, 0.15) is 5.75 Å². The second-order valence-corrected chi connectivity index (χ2v) is 5.01. The monoisotopic (exact) mass is 354 g/mol. The van der Waals surface area contributed by atoms with E-state index >= 15 is 0 Å². The van der Waals surface area contributed by atoms with Gasteiger partial charge in [-0.05, 0) is 24.3 Å². The van der Waals surface area contributed by atoms with Gasteiger partial charge in [-0.2, -0.15) is 13.2 Å². The number of nitrogens with zero attached hydrogens (tertiary/aromatic N) is 2. The molecule has 0 saturated carbocycles. The number of likely N-dealkylation sites (N-methyl/N-ethyl adjacent to an activating group) is 1. The molecule has 2 aromatic rings. The van der Waals surface area contributed by atoms with E-state index in [1.54, 1.807) is 0 Å². The number of benzene rings is 2. The van der Waals surface area contributed by atoms with Crippen LogP contribution in [0.4, 0.5) is 24.5 Å². The van der Waals surface area contributed by atoms with Gasteiger partial charge in [0.15, 0.2) is 6.61 Å². The number of non-ortho nitro benzene ring substituents is 1. The molecule has 1 amide bonds. The molecule has 0 fully saturated rings. The summed E-state index contributed by atoms with van der Waals surface area (Å²) in [6.07, 6.45) is -4.59. The van der Waals surface area contributed by atoms with E-state index in [-0.39, 0.29) is 5.69 Å². The number of anilines is 1. The van der Waals surface area contributed by atoms with Crippen LogP contribution in [-0.4, -0.2) is 24.5 Å². The van der Waals surface area contributed by atoms with Crippen molar-refractivity contribution in [3.63, 3.8) is 0 Å². The second kappa shape index (κ2) is 7.20. The fourth-order valence-electron chi connectivity index (χ4n) is 2.00. The van der Waals surface area contributed by atoms with Gasteiger partial charge in [0, 0.05) is 24.9 Å². The van der Waals surface area contributed by atoms with Gasteiger partial charge in [0.2, 0.25) is 0 Å². The van der Waals surface area contributed by atoms with E-state index in [2.05, 4.69) is 0 Å². The molecule has 0 saturated heterocycles. The maximum absolute atomic E-state index is 12.9. The van der Waals surface area contributed by atoms with Crippen molar-refractivity contribution in [3.8, 4) is 5.75 Å². The van der Waals surface area contributed by atoms with E-state index in [0.29, 0.717) is 5.69 Å². The molecule has 0 aromatic heterocycles. The molecule has 0 radical (unpaired) electrons. The van der Waals surface area contributed by atoms with Crippen LogP contribution in [0.2, 0.25) is 0 Å². The normalized spacial score (nSPS) is 11.0. The first-order chi connectivity index (χ1) is 11.7. The van der Waals surface area contributed by atoms with Gasteiger partial charge in [-0.15, -0.1) is 0 Å². The zero-order valence-corrected chi connectivity index (χ0v) is 13.0. The highest BCUT2D eigenvalue weighted by Crippen LogP contribution is 2.35. The van der Waals surface area contributed by atoms with Crippen molar-refractivity contribution in [2.24, 2.45) is 0 Å². The number of hydrogen-bond acceptors (Lipinski definition) is 4. The summed E-state index contributed by atoms with van der Waals surface area (Å²) in [5.41, 5.74) is -0.760. The maximum Gasteiger partial charge on any atom is 0.419 e. The lowest BCUT2D eigenvalue weighted by Crippen LogP contribution is -2.31. The highest BCUT2D eigenvalue weighted by atomic mass is 19.4. The molecule has 0 aliphatic heterocycles. The molecule has 25 heavy (non-hydrogen) atoms. The van der Waals surface area contributed by atoms with Gasteiger partial charge in [0.25, 0.3) is 11.6 Å². The maximum atomic E-state index is 12.9. The third kappa shape index (κ3) is 4.46. The quantitative estimate of drug-likeness (QED) is 0.607. The molecule has 6 nitrogen and oxygen atoms in total. The lowest BCUT2D eigenvalue weighted by atomic mass is 10.2. The minimum atomic E-state index is -4.59. The van der Waals surface area contributed by atoms with Gasteiger partial charge in [-0.1, -0.05) is 12.1 Å². The molecule has 132 valence electrons. The van der Waals surface area contributed by atoms with Crippen molar-refractivity contribution in [1.82, 2.24) is 0 Å². The lowest BCUT2D eigenvalue weighted by molar-refractivity contribution is -0.384. The van der Waals surface area contributed by atoms with Crippen molar-refractivity contribution in [2.75, 3.05) is 18.6 Å². The minimum Gasteiger partial charge on any atom is -0.483 e. The van der Waals surface area contributed by atoms with Crippen LogP contribution in [0.5, 0.6) is 5.75 Å². The van der Waals surface area contributed by atoms with Crippen LogP contribution in [0, 0.1) is 10.1 Å². The summed E-state index contributed by atoms with van der Waals surface area (Å²) < 4.78 is 43.6. The summed E-state index contributed by atoms with van der Waals surface area (Å²) in [5, 5.41) is 10.6. The summed E-state index contributed by atoms with van der Waals surface area (Å²) in [5.74, 6) is -1.05. The van der Waals surface area contributed by atoms with Crippen LogP contribution < -0.4 is 9.64 Å². The Balaban J connectivity index is 2.06. The molecule has 0 aliphatic rings. The van der Waals surface area contributed by atoms with E-state index in [9.17, 15) is 28.1 Å². The summed E-state index contributed by atoms with van der Waals surface area (Å²) in [7, 11) is 1.39. The van der Waals surface area contributed by atoms with Crippen molar-refractivity contribution in [3.05, 3.63) is 64.2 Å². The van der Waals surface area contributed by atoms with E-state index in [4.69, 9.17) is 4.74 Å². The number of rotatable bonds is 5. The third-order valence-corrected chi connectivity index (χ3v) is 3.37. The Bertz CT molecular complexity index is 776. The Kier molecular flexibility index (Phi) is 5.26. The van der Waals surface area contributed by atoms with Crippen molar-refractivity contribution < 1.29 is 27.6 Å². The smallest absolute Gasteiger partial charge is 0.419 e. The molecule has 2 aromatic carbocycles. The van der Waals surface area contributed by atoms with E-state index in [0.717, 1.165) is 17.0 Å². The molecule has 0 bridgehead atoms. The number of ether oxygens (including phenoxy) is 1. The fraction of sp³-hybridized carbons (Fsp3) is 0.188. The number of amides is 1. The van der Waals surface area contributed by atoms with Crippen LogP contribution >= 0.6 is 0 Å². The number of carbonyl (C=O) groups excluding carboxylic acids is 1. The van der Waals surface area contributed by atoms with Crippen molar-refractivity contribution in [1.29, 1.82) is 0 Å². The highest BCUT2D eigenvalue weighted by Gasteiger charge is 2.34. The number of halogens is 3. The fourth-order valence-corrected chi connectivity index (χ4v) is 2.00. The van der Waals surface area contributed by atoms with Crippen LogP contribution in [-0.2, 0) is 11.0 Å². The van der Waals surface area contributed by atoms with Gasteiger partial charge < -0.3 is 9.64 Å². The molecule has 0 N–H and O–H groups in total. The molecule has 9 heteroatoms. The zero-order valence-electron chi connectivity index (χ0n) is 13.0. The number of para-hydroxylation sites is 1. The molecule has 2 rings (SSSR count). The number of carbonyl (C=O) groups is 1. The Morgan fingerprint density at radius 3 is 2.32 bits per heavy atom. The molecular formula is C16H13F3N2O4. The van der Waals surface area contributed by atoms with Gasteiger partial charge in [-0.25, -0.2) is 0 Å². The third-order valence-electron chi connectivity index (χ3n) is 3.37. The predicted octanol–water partition coefficient (Wildman–Crippen LogP) is 3.66. The Labute approximate surface area is 140 Å². The van der Waals surface area contributed by atoms with Crippen LogP contribution in [0.15, 0.2) is 48.5 Å². The van der Waals surface area contributed by atoms with Gasteiger partial charge >= 0.3 is 6.18 Å². The summed E-state index contributed by atoms with van der Waals surface area (Å²) in [6.45, 7) is -0.611. The van der Waals surface area contributed by atoms with Crippen LogP contribution in [0.25, 0.3) is 0 Å². The Morgan fingerprint density at radius 2 is 1.76 bits per heavy atom. The van der Waals surface area contributed by atoms with Gasteiger partial charge in [-0.3, -0.25) is 14.9 Å². The number of alkyl halides is 3. The Hall–Kier alpha value is -3.10. The molecule has 0 aliphatic carbocycles. The standard InChI is InChI=1S/C16H13F3N2O4/c1-20(11-6-8-12(9-7-11)21(23)24)15(22)10-25-14-5-3-2-4-13(14)16(17,18)19/h2-9H,10H2,1H3. The van der Waals surface area contributed by atoms with E-state index < -0.39 is 34.9 Å². The summed E-state index contributed by atoms with van der Waals surface area (Å²) >= 11 is 0. The highest BCUT2D eigenvalue weighted by molar-refractivity contribution is 5.94. The first kappa shape index (κ1) is 18.2. The average molecular weight is 354 g/mol. The summed E-state index contributed by atoms with van der Waals surface area (Å²) in [6, 6.07) is 9.74. The van der Waals surface area contributed by atoms with Crippen LogP contribution in [0.1, 0.15) is 5.56 Å². The molecule has 0 atom stereocenters. The van der Waals surface area contributed by atoms with Gasteiger partial charge in [0.05, 0.1) is 10.5 Å². The van der Waals surface area contributed by atoms with E-state index in [1.165, 1.54) is 43.4 Å². The largest absolute Gasteiger partial charge is 0.483 e. The summed E-state index contributed by atoms with van der Waals surface area (Å²) in [4.78, 5) is 23.2. The number of nitro benzene ring substituents is 1. The second-order valence-electron chi connectivity index (χ2n) is 5.01. The van der Waals surface area contributed by atoms with E-state index in [1.807, 2.05) is 0 Å². The zero-order chi connectivity index (χ0) is 18.6. The van der Waals surface area contributed by atoms with Crippen LogP contribution in [0.3, 0.4) is 0 Å². The molecule has 0 unspecified atom stereocenters. The number of hydrogen-bond donors (Lipinski definition) is 0. The first-order valence-corrected chi connectivity index (χ1v) is 7.00. The lowest BCUT2D eigenvalue weighted by Gasteiger charge is -2.18.